The van der Waals surface area contributed by atoms with Crippen LogP contribution in [0.25, 0.3) is 0 Å². The van der Waals surface area contributed by atoms with E-state index in [9.17, 15) is 13.7 Å². The number of hydrogen-bond donors (Lipinski definition) is 0. The van der Waals surface area contributed by atoms with Crippen molar-refractivity contribution in [1.29, 1.82) is 0 Å². The standard InChI is InChI=1S/C43H43O14P3/c44-58(50-27-34-20-10-11-21-35(34)28-51-58)54-40-38(47-24-31-14-4-1-5-15-31)39(48-25-32-16-6-2-7-17-32)41-42(55-59(45)52-29-36-22-12-13-23-37(36)30-53-59)43(40)57-60(46,56-41)49-26-33-18-8-3-9-19-33/h1-23,38-43H,24-30H2/t38-,39+,40-,41-,42+,43+,60+/m1/s1. The lowest BCUT2D eigenvalue weighted by Crippen LogP contribution is -2.68. The average molecular weight is 877 g/mol. The number of rotatable bonds is 13. The Kier molecular flexibility index (Phi) is 12.8. The van der Waals surface area contributed by atoms with Crippen LogP contribution in [0.5, 0.6) is 0 Å². The van der Waals surface area contributed by atoms with Gasteiger partial charge in [-0.15, -0.1) is 0 Å². The largest absolute Gasteiger partial charge is 0.476 e. The van der Waals surface area contributed by atoms with E-state index in [1.807, 2.05) is 127 Å². The molecule has 2 fully saturated rings. The van der Waals surface area contributed by atoms with Crippen molar-refractivity contribution in [2.75, 3.05) is 0 Å². The Balaban J connectivity index is 1.12. The highest BCUT2D eigenvalue weighted by molar-refractivity contribution is 7.49. The highest BCUT2D eigenvalue weighted by Gasteiger charge is 2.65. The first-order chi connectivity index (χ1) is 29.2. The van der Waals surface area contributed by atoms with Gasteiger partial charge in [-0.25, -0.2) is 13.7 Å². The third-order valence-electron chi connectivity index (χ3n) is 10.5. The van der Waals surface area contributed by atoms with E-state index >= 15 is 0 Å². The molecule has 0 N–H and O–H groups in total. The minimum Gasteiger partial charge on any atom is -0.368 e. The molecule has 7 atom stereocenters. The first kappa shape index (κ1) is 41.7. The van der Waals surface area contributed by atoms with Crippen molar-refractivity contribution in [1.82, 2.24) is 0 Å². The summed E-state index contributed by atoms with van der Waals surface area (Å²) in [6.45, 7) is -0.507. The summed E-state index contributed by atoms with van der Waals surface area (Å²) in [7, 11) is -13.5. The van der Waals surface area contributed by atoms with Gasteiger partial charge in [-0.05, 0) is 38.9 Å². The number of hydrogen-bond acceptors (Lipinski definition) is 14. The normalized spacial score (nSPS) is 28.1. The molecule has 9 rings (SSSR count). The van der Waals surface area contributed by atoms with Gasteiger partial charge in [-0.1, -0.05) is 140 Å². The lowest BCUT2D eigenvalue weighted by Gasteiger charge is -2.52. The van der Waals surface area contributed by atoms with Crippen LogP contribution in [-0.2, 0) is 110 Å². The van der Waals surface area contributed by atoms with Crippen molar-refractivity contribution in [3.63, 3.8) is 0 Å². The monoisotopic (exact) mass is 876 g/mol. The number of phosphoric ester groups is 3. The molecule has 0 radical (unpaired) electrons. The van der Waals surface area contributed by atoms with E-state index in [0.29, 0.717) is 5.56 Å². The molecule has 1 saturated carbocycles. The van der Waals surface area contributed by atoms with Crippen LogP contribution in [0.15, 0.2) is 140 Å². The summed E-state index contributed by atoms with van der Waals surface area (Å²) in [5, 5.41) is 0. The van der Waals surface area contributed by atoms with Crippen molar-refractivity contribution in [2.45, 2.75) is 82.9 Å². The SMILES string of the molecule is O=P1(O[C@@H]2[C@H](OCc3ccccc3)[C@H](OCc3ccccc3)[C@H]3O[P@](=O)(OCc4ccccc4)O[C@@H]2[C@H]3OP2(=O)OCc3ccccc3CO2)OCc2ccccc2CO1. The van der Waals surface area contributed by atoms with E-state index in [-0.39, 0.29) is 46.2 Å². The van der Waals surface area contributed by atoms with Crippen molar-refractivity contribution in [3.8, 4) is 0 Å². The molecule has 17 heteroatoms. The summed E-state index contributed by atoms with van der Waals surface area (Å²) in [4.78, 5) is 0. The second kappa shape index (κ2) is 18.4. The molecule has 3 aliphatic heterocycles. The van der Waals surface area contributed by atoms with Crippen LogP contribution >= 0.6 is 23.5 Å². The van der Waals surface area contributed by atoms with E-state index in [4.69, 9.17) is 50.2 Å². The van der Waals surface area contributed by atoms with Crippen LogP contribution in [-0.4, -0.2) is 36.6 Å². The minimum absolute atomic E-state index is 0.0106. The Morgan fingerprint density at radius 2 is 0.750 bits per heavy atom. The van der Waals surface area contributed by atoms with Gasteiger partial charge in [0.1, 0.15) is 36.6 Å². The van der Waals surface area contributed by atoms with Gasteiger partial charge >= 0.3 is 23.5 Å². The molecular weight excluding hydrogens is 833 g/mol. The molecule has 2 bridgehead atoms. The van der Waals surface area contributed by atoms with E-state index < -0.39 is 60.1 Å². The van der Waals surface area contributed by atoms with E-state index in [2.05, 4.69) is 0 Å². The molecule has 4 aliphatic rings. The van der Waals surface area contributed by atoms with Crippen LogP contribution < -0.4 is 0 Å². The quantitative estimate of drug-likeness (QED) is 0.103. The zero-order chi connectivity index (χ0) is 41.0. The van der Waals surface area contributed by atoms with Gasteiger partial charge in [0, 0.05) is 0 Å². The maximum Gasteiger partial charge on any atom is 0.476 e. The van der Waals surface area contributed by atoms with Gasteiger partial charge in [0.15, 0.2) is 0 Å². The Labute approximate surface area is 347 Å². The molecule has 1 aliphatic carbocycles. The first-order valence-electron chi connectivity index (χ1n) is 19.5. The smallest absolute Gasteiger partial charge is 0.368 e. The number of ether oxygens (including phenoxy) is 2. The molecule has 3 heterocycles. The highest BCUT2D eigenvalue weighted by atomic mass is 31.2. The van der Waals surface area contributed by atoms with Gasteiger partial charge in [0.25, 0.3) is 0 Å². The summed E-state index contributed by atoms with van der Waals surface area (Å²) in [6, 6.07) is 42.5. The molecule has 5 aromatic carbocycles. The zero-order valence-electron chi connectivity index (χ0n) is 32.3. The fourth-order valence-electron chi connectivity index (χ4n) is 7.39. The predicted molar refractivity (Wildman–Crippen MR) is 216 cm³/mol. The Hall–Kier alpha value is -3.65. The van der Waals surface area contributed by atoms with Crippen LogP contribution in [0, 0.1) is 0 Å². The third-order valence-corrected chi connectivity index (χ3v) is 14.7. The molecule has 14 nitrogen and oxygen atoms in total. The second-order valence-corrected chi connectivity index (χ2v) is 19.4. The number of benzene rings is 5. The molecule has 0 amide bonds. The molecule has 1 saturated heterocycles. The average Bonchev–Trinajstić information content (AvgIpc) is 3.56. The van der Waals surface area contributed by atoms with E-state index in [0.717, 1.165) is 33.4 Å². The van der Waals surface area contributed by atoms with Crippen LogP contribution in [0.2, 0.25) is 0 Å². The van der Waals surface area contributed by atoms with Crippen molar-refractivity contribution in [3.05, 3.63) is 178 Å². The molecule has 314 valence electrons. The lowest BCUT2D eigenvalue weighted by atomic mass is 9.84. The molecular formula is C43H43O14P3. The van der Waals surface area contributed by atoms with Gasteiger partial charge in [0.2, 0.25) is 0 Å². The van der Waals surface area contributed by atoms with Crippen molar-refractivity contribution < 1.29 is 63.9 Å². The summed E-state index contributed by atoms with van der Waals surface area (Å²) in [5.74, 6) is 0. The van der Waals surface area contributed by atoms with Crippen LogP contribution in [0.3, 0.4) is 0 Å². The van der Waals surface area contributed by atoms with Gasteiger partial charge in [0.05, 0.1) is 46.2 Å². The Bertz CT molecular complexity index is 2310. The summed E-state index contributed by atoms with van der Waals surface area (Å²) < 4.78 is 113. The first-order valence-corrected chi connectivity index (χ1v) is 23.9. The molecule has 0 aromatic heterocycles. The van der Waals surface area contributed by atoms with E-state index in [1.165, 1.54) is 0 Å². The summed E-state index contributed by atoms with van der Waals surface area (Å²) in [6.07, 6.45) is -8.29. The Morgan fingerprint density at radius 1 is 0.400 bits per heavy atom. The molecule has 5 aromatic rings. The van der Waals surface area contributed by atoms with Crippen molar-refractivity contribution >= 4 is 23.5 Å². The predicted octanol–water partition coefficient (Wildman–Crippen LogP) is 9.76. The van der Waals surface area contributed by atoms with Crippen LogP contribution in [0.4, 0.5) is 0 Å². The molecule has 0 spiro atoms. The summed E-state index contributed by atoms with van der Waals surface area (Å²) in [5.41, 5.74) is 5.30. The van der Waals surface area contributed by atoms with Crippen molar-refractivity contribution in [2.24, 2.45) is 0 Å². The summed E-state index contributed by atoms with van der Waals surface area (Å²) >= 11 is 0. The second-order valence-electron chi connectivity index (χ2n) is 14.5. The van der Waals surface area contributed by atoms with Gasteiger partial charge in [-0.2, -0.15) is 0 Å². The Morgan fingerprint density at radius 3 is 1.18 bits per heavy atom. The minimum atomic E-state index is -4.57. The fraction of sp³-hybridized carbons (Fsp3) is 0.302. The highest BCUT2D eigenvalue weighted by Crippen LogP contribution is 2.65. The maximum absolute atomic E-state index is 14.8. The fourth-order valence-corrected chi connectivity index (χ4v) is 11.6. The molecule has 0 unspecified atom stereocenters. The number of phosphoric acid groups is 3. The third kappa shape index (κ3) is 9.69. The van der Waals surface area contributed by atoms with Crippen LogP contribution in [0.1, 0.15) is 38.9 Å². The van der Waals surface area contributed by atoms with Gasteiger partial charge in [-0.3, -0.25) is 40.7 Å². The van der Waals surface area contributed by atoms with Gasteiger partial charge < -0.3 is 9.47 Å². The number of fused-ring (bicyclic) bond motifs is 4. The maximum atomic E-state index is 14.8. The topological polar surface area (TPSA) is 153 Å². The molecule has 60 heavy (non-hydrogen) atoms. The lowest BCUT2D eigenvalue weighted by molar-refractivity contribution is -0.260. The van der Waals surface area contributed by atoms with E-state index in [1.54, 1.807) is 12.1 Å². The zero-order valence-corrected chi connectivity index (χ0v) is 34.9.